The van der Waals surface area contributed by atoms with Gasteiger partial charge in [-0.05, 0) is 104 Å². The van der Waals surface area contributed by atoms with Crippen LogP contribution in [0.15, 0.2) is 54.6 Å². The highest BCUT2D eigenvalue weighted by molar-refractivity contribution is 6.02. The maximum atomic E-state index is 13.2. The van der Waals surface area contributed by atoms with Gasteiger partial charge < -0.3 is 9.64 Å². The first kappa shape index (κ1) is 26.2. The van der Waals surface area contributed by atoms with Crippen molar-refractivity contribution < 1.29 is 22.7 Å². The second kappa shape index (κ2) is 11.5. The van der Waals surface area contributed by atoms with Gasteiger partial charge in [-0.15, -0.1) is 0 Å². The van der Waals surface area contributed by atoms with Crippen LogP contribution in [0.3, 0.4) is 0 Å². The number of halogens is 3. The normalized spacial score (nSPS) is 19.9. The lowest BCUT2D eigenvalue weighted by Crippen LogP contribution is -2.32. The molecule has 192 valence electrons. The first-order valence-corrected chi connectivity index (χ1v) is 12.7. The number of rotatable bonds is 7. The maximum Gasteiger partial charge on any atom is 0.416 e. The van der Waals surface area contributed by atoms with E-state index in [0.29, 0.717) is 31.1 Å². The summed E-state index contributed by atoms with van der Waals surface area (Å²) in [5, 5.41) is 0. The zero-order chi connectivity index (χ0) is 25.7. The molecule has 0 amide bonds. The van der Waals surface area contributed by atoms with E-state index in [1.54, 1.807) is 13.2 Å². The van der Waals surface area contributed by atoms with Gasteiger partial charge in [-0.25, -0.2) is 0 Å². The molecule has 1 aliphatic carbocycles. The van der Waals surface area contributed by atoms with E-state index in [-0.39, 0.29) is 12.2 Å². The summed E-state index contributed by atoms with van der Waals surface area (Å²) < 4.78 is 45.0. The van der Waals surface area contributed by atoms with Crippen LogP contribution in [0.1, 0.15) is 67.7 Å². The van der Waals surface area contributed by atoms with Gasteiger partial charge in [-0.1, -0.05) is 24.3 Å². The van der Waals surface area contributed by atoms with Gasteiger partial charge >= 0.3 is 6.18 Å². The highest BCUT2D eigenvalue weighted by Crippen LogP contribution is 2.36. The maximum absolute atomic E-state index is 13.2. The van der Waals surface area contributed by atoms with E-state index in [2.05, 4.69) is 17.0 Å². The van der Waals surface area contributed by atoms with Crippen LogP contribution in [0.5, 0.6) is 0 Å². The summed E-state index contributed by atoms with van der Waals surface area (Å²) in [6, 6.07) is 12.6. The van der Waals surface area contributed by atoms with Crippen LogP contribution in [0.4, 0.5) is 18.9 Å². The van der Waals surface area contributed by atoms with Crippen LogP contribution < -0.4 is 4.90 Å². The average molecular weight is 498 g/mol. The third-order valence-corrected chi connectivity index (χ3v) is 7.25. The molecule has 2 aromatic rings. The Morgan fingerprint density at radius 2 is 1.92 bits per heavy atom. The summed E-state index contributed by atoms with van der Waals surface area (Å²) in [6.07, 6.45) is 4.70. The van der Waals surface area contributed by atoms with E-state index in [1.807, 2.05) is 25.1 Å². The van der Waals surface area contributed by atoms with Gasteiger partial charge in [0.2, 0.25) is 0 Å². The highest BCUT2D eigenvalue weighted by atomic mass is 19.4. The lowest BCUT2D eigenvalue weighted by molar-refractivity contribution is -0.137. The number of hydrogen-bond donors (Lipinski definition) is 0. The van der Waals surface area contributed by atoms with Gasteiger partial charge in [0.15, 0.2) is 5.78 Å². The molecule has 3 nitrogen and oxygen atoms in total. The Hall–Kier alpha value is -2.86. The van der Waals surface area contributed by atoms with Crippen molar-refractivity contribution in [3.63, 3.8) is 0 Å². The van der Waals surface area contributed by atoms with Crippen molar-refractivity contribution in [2.45, 2.75) is 64.1 Å². The number of ether oxygens (including phenoxy) is 1. The van der Waals surface area contributed by atoms with Crippen LogP contribution in [-0.4, -0.2) is 32.1 Å². The summed E-state index contributed by atoms with van der Waals surface area (Å²) in [5.74, 6) is -0.0327. The topological polar surface area (TPSA) is 29.5 Å². The Kier molecular flexibility index (Phi) is 8.35. The van der Waals surface area contributed by atoms with Gasteiger partial charge in [0.1, 0.15) is 0 Å². The fourth-order valence-corrected chi connectivity index (χ4v) is 5.44. The number of methoxy groups -OCH3 is 1. The molecule has 36 heavy (non-hydrogen) atoms. The number of nitrogens with zero attached hydrogens (tertiary/aromatic N) is 1. The zero-order valence-corrected chi connectivity index (χ0v) is 21.0. The summed E-state index contributed by atoms with van der Waals surface area (Å²) >= 11 is 0. The van der Waals surface area contributed by atoms with Crippen LogP contribution in [0.2, 0.25) is 0 Å². The second-order valence-corrected chi connectivity index (χ2v) is 9.70. The minimum Gasteiger partial charge on any atom is -0.383 e. The fraction of sp³-hybridized carbons (Fsp3) is 0.433. The number of hydrogen-bond acceptors (Lipinski definition) is 3. The molecule has 4 rings (SSSR count). The highest BCUT2D eigenvalue weighted by Gasteiger charge is 2.31. The van der Waals surface area contributed by atoms with Crippen molar-refractivity contribution in [3.8, 4) is 0 Å². The molecule has 1 unspecified atom stereocenters. The van der Waals surface area contributed by atoms with Gasteiger partial charge in [-0.3, -0.25) is 4.79 Å². The predicted molar refractivity (Wildman–Crippen MR) is 139 cm³/mol. The molecule has 1 aliphatic heterocycles. The molecule has 2 aromatic carbocycles. The van der Waals surface area contributed by atoms with E-state index in [1.165, 1.54) is 12.1 Å². The van der Waals surface area contributed by atoms with Crippen LogP contribution >= 0.6 is 0 Å². The third-order valence-electron chi connectivity index (χ3n) is 7.25. The van der Waals surface area contributed by atoms with E-state index < -0.39 is 11.7 Å². The van der Waals surface area contributed by atoms with Crippen LogP contribution in [0, 0.1) is 0 Å². The number of carbonyl (C=O) groups excluding carboxylic acids is 1. The number of carbonyl (C=O) groups is 1. The molecular formula is C30H34F3NO2. The third kappa shape index (κ3) is 6.09. The minimum absolute atomic E-state index is 0.0327. The van der Waals surface area contributed by atoms with Gasteiger partial charge in [0.05, 0.1) is 18.2 Å². The van der Waals surface area contributed by atoms with Crippen LogP contribution in [0.25, 0.3) is 11.1 Å². The molecule has 0 aromatic heterocycles. The molecule has 1 saturated heterocycles. The molecule has 0 saturated carbocycles. The number of fused-ring (bicyclic) bond motifs is 1. The predicted octanol–water partition coefficient (Wildman–Crippen LogP) is 7.49. The van der Waals surface area contributed by atoms with Gasteiger partial charge in [0.25, 0.3) is 0 Å². The Labute approximate surface area is 211 Å². The molecule has 1 heterocycles. The van der Waals surface area contributed by atoms with Crippen molar-refractivity contribution >= 4 is 22.6 Å². The summed E-state index contributed by atoms with van der Waals surface area (Å²) in [5.41, 5.74) is 4.76. The number of aryl methyl sites for hydroxylation is 1. The molecule has 0 N–H and O–H groups in total. The molecule has 6 heteroatoms. The first-order chi connectivity index (χ1) is 17.3. The van der Waals surface area contributed by atoms with Gasteiger partial charge in [0, 0.05) is 25.8 Å². The average Bonchev–Trinajstić information content (AvgIpc) is 3.23. The van der Waals surface area contributed by atoms with E-state index in [4.69, 9.17) is 4.74 Å². The van der Waals surface area contributed by atoms with E-state index in [0.717, 1.165) is 66.3 Å². The monoisotopic (exact) mass is 497 g/mol. The lowest BCUT2D eigenvalue weighted by atomic mass is 9.93. The Balaban J connectivity index is 1.54. The Morgan fingerprint density at radius 1 is 1.11 bits per heavy atom. The number of allylic oxidation sites excluding steroid dienone is 4. The smallest absolute Gasteiger partial charge is 0.383 e. The van der Waals surface area contributed by atoms with Crippen molar-refractivity contribution in [2.24, 2.45) is 0 Å². The second-order valence-electron chi connectivity index (χ2n) is 9.70. The lowest BCUT2D eigenvalue weighted by Gasteiger charge is -2.27. The number of anilines is 1. The number of ketones is 1. The zero-order valence-electron chi connectivity index (χ0n) is 21.0. The van der Waals surface area contributed by atoms with Crippen LogP contribution in [-0.2, 0) is 22.1 Å². The van der Waals surface area contributed by atoms with Crippen molar-refractivity contribution in [1.29, 1.82) is 0 Å². The summed E-state index contributed by atoms with van der Waals surface area (Å²) in [7, 11) is 1.73. The molecule has 0 radical (unpaired) electrons. The van der Waals surface area contributed by atoms with Crippen molar-refractivity contribution in [3.05, 3.63) is 76.9 Å². The fourth-order valence-electron chi connectivity index (χ4n) is 5.44. The molecule has 0 spiro atoms. The standard InChI is InChI=1S/C30H34F3NO2/c1-3-21(22-10-6-11-26(17-22)34-15-7-12-27(34)20-36-2)18-28(35)19-24-9-5-4-8-23-16-25(30(31,32)33)13-14-29(23)24/h3,6,10-11,13-14,16-17,19,27H,4-5,7-9,12,15,18,20H2,1-2H3/b21-3-,24-19+. The first-order valence-electron chi connectivity index (χ1n) is 12.7. The van der Waals surface area contributed by atoms with Crippen molar-refractivity contribution in [1.82, 2.24) is 0 Å². The molecule has 0 bridgehead atoms. The van der Waals surface area contributed by atoms with Crippen molar-refractivity contribution in [2.75, 3.05) is 25.2 Å². The minimum atomic E-state index is -4.37. The molecule has 1 fully saturated rings. The number of alkyl halides is 3. The Morgan fingerprint density at radius 3 is 2.67 bits per heavy atom. The quantitative estimate of drug-likeness (QED) is 0.293. The number of benzene rings is 2. The molecule has 2 aliphatic rings. The SMILES string of the molecule is C/C=C(/CC(=O)/C=C1\CCCCc2cc(C(F)(F)F)ccc21)c1cccc(N2CCCC2COC)c1. The molecule has 1 atom stereocenters. The largest absolute Gasteiger partial charge is 0.416 e. The summed E-state index contributed by atoms with van der Waals surface area (Å²) in [4.78, 5) is 15.5. The van der Waals surface area contributed by atoms with E-state index >= 15 is 0 Å². The Bertz CT molecular complexity index is 1150. The van der Waals surface area contributed by atoms with Gasteiger partial charge in [-0.2, -0.15) is 13.2 Å². The summed E-state index contributed by atoms with van der Waals surface area (Å²) in [6.45, 7) is 3.62. The molecular weight excluding hydrogens is 463 g/mol. The van der Waals surface area contributed by atoms with E-state index in [9.17, 15) is 18.0 Å².